The maximum absolute atomic E-state index is 3.59. The SMILES string of the molecule is CC(C)NCc1ccccc1CCCCNC1CC1. The lowest BCUT2D eigenvalue weighted by Gasteiger charge is -2.12. The third-order valence-electron chi connectivity index (χ3n) is 3.70. The van der Waals surface area contributed by atoms with Crippen LogP contribution in [0.25, 0.3) is 0 Å². The number of benzene rings is 1. The second kappa shape index (κ2) is 7.66. The number of hydrogen-bond acceptors (Lipinski definition) is 2. The first-order valence-corrected chi connectivity index (χ1v) is 7.79. The zero-order chi connectivity index (χ0) is 13.5. The van der Waals surface area contributed by atoms with Crippen molar-refractivity contribution in [3.8, 4) is 0 Å². The van der Waals surface area contributed by atoms with E-state index in [-0.39, 0.29) is 0 Å². The van der Waals surface area contributed by atoms with Gasteiger partial charge in [-0.05, 0) is 49.8 Å². The predicted octanol–water partition coefficient (Wildman–Crippen LogP) is 3.26. The summed E-state index contributed by atoms with van der Waals surface area (Å²) in [6, 6.07) is 10.3. The Morgan fingerprint density at radius 2 is 1.84 bits per heavy atom. The van der Waals surface area contributed by atoms with Gasteiger partial charge in [-0.1, -0.05) is 38.1 Å². The van der Waals surface area contributed by atoms with Gasteiger partial charge in [0.15, 0.2) is 0 Å². The average molecular weight is 260 g/mol. The summed E-state index contributed by atoms with van der Waals surface area (Å²) < 4.78 is 0. The van der Waals surface area contributed by atoms with Crippen molar-refractivity contribution in [3.63, 3.8) is 0 Å². The van der Waals surface area contributed by atoms with Gasteiger partial charge in [0.25, 0.3) is 0 Å². The van der Waals surface area contributed by atoms with Crippen LogP contribution in [0.1, 0.15) is 50.7 Å². The van der Waals surface area contributed by atoms with Crippen LogP contribution in [0.3, 0.4) is 0 Å². The minimum Gasteiger partial charge on any atom is -0.314 e. The summed E-state index contributed by atoms with van der Waals surface area (Å²) in [5.41, 5.74) is 2.98. The van der Waals surface area contributed by atoms with Gasteiger partial charge < -0.3 is 10.6 Å². The molecule has 0 amide bonds. The first-order chi connectivity index (χ1) is 9.25. The van der Waals surface area contributed by atoms with Gasteiger partial charge in [-0.25, -0.2) is 0 Å². The van der Waals surface area contributed by atoms with E-state index in [0.717, 1.165) is 12.6 Å². The molecule has 0 heterocycles. The summed E-state index contributed by atoms with van der Waals surface area (Å²) in [4.78, 5) is 0. The molecule has 1 aliphatic rings. The Kier molecular flexibility index (Phi) is 5.87. The normalized spacial score (nSPS) is 15.1. The third kappa shape index (κ3) is 5.75. The Hall–Kier alpha value is -0.860. The second-order valence-electron chi connectivity index (χ2n) is 5.99. The molecule has 0 saturated heterocycles. The number of aryl methyl sites for hydroxylation is 1. The third-order valence-corrected chi connectivity index (χ3v) is 3.70. The molecule has 2 rings (SSSR count). The van der Waals surface area contributed by atoms with E-state index in [2.05, 4.69) is 48.7 Å². The maximum Gasteiger partial charge on any atom is 0.0210 e. The van der Waals surface area contributed by atoms with Gasteiger partial charge in [-0.2, -0.15) is 0 Å². The lowest BCUT2D eigenvalue weighted by molar-refractivity contribution is 0.582. The predicted molar refractivity (Wildman–Crippen MR) is 82.4 cm³/mol. The fourth-order valence-corrected chi connectivity index (χ4v) is 2.32. The van der Waals surface area contributed by atoms with Crippen molar-refractivity contribution in [2.45, 2.75) is 64.6 Å². The summed E-state index contributed by atoms with van der Waals surface area (Å²) in [5, 5.41) is 7.10. The van der Waals surface area contributed by atoms with Crippen molar-refractivity contribution in [3.05, 3.63) is 35.4 Å². The van der Waals surface area contributed by atoms with Crippen molar-refractivity contribution in [2.24, 2.45) is 0 Å². The average Bonchev–Trinajstić information content (AvgIpc) is 3.21. The maximum atomic E-state index is 3.59. The fraction of sp³-hybridized carbons (Fsp3) is 0.647. The fourth-order valence-electron chi connectivity index (χ4n) is 2.32. The molecular formula is C17H28N2. The van der Waals surface area contributed by atoms with E-state index in [9.17, 15) is 0 Å². The van der Waals surface area contributed by atoms with Crippen LogP contribution in [-0.4, -0.2) is 18.6 Å². The Labute approximate surface area is 118 Å². The highest BCUT2D eigenvalue weighted by Gasteiger charge is 2.19. The topological polar surface area (TPSA) is 24.1 Å². The zero-order valence-electron chi connectivity index (χ0n) is 12.4. The van der Waals surface area contributed by atoms with Crippen molar-refractivity contribution < 1.29 is 0 Å². The molecule has 1 saturated carbocycles. The van der Waals surface area contributed by atoms with Gasteiger partial charge in [0, 0.05) is 18.6 Å². The van der Waals surface area contributed by atoms with Gasteiger partial charge in [0.2, 0.25) is 0 Å². The monoisotopic (exact) mass is 260 g/mol. The summed E-state index contributed by atoms with van der Waals surface area (Å²) in [7, 11) is 0. The van der Waals surface area contributed by atoms with E-state index in [1.807, 2.05) is 0 Å². The molecule has 0 atom stereocenters. The largest absolute Gasteiger partial charge is 0.314 e. The number of unbranched alkanes of at least 4 members (excludes halogenated alkanes) is 1. The molecule has 0 unspecified atom stereocenters. The Balaban J connectivity index is 1.71. The molecule has 1 aliphatic carbocycles. The van der Waals surface area contributed by atoms with E-state index in [1.165, 1.54) is 49.8 Å². The smallest absolute Gasteiger partial charge is 0.0210 e. The van der Waals surface area contributed by atoms with E-state index < -0.39 is 0 Å². The number of nitrogens with one attached hydrogen (secondary N) is 2. The van der Waals surface area contributed by atoms with E-state index in [1.54, 1.807) is 0 Å². The van der Waals surface area contributed by atoms with Gasteiger partial charge in [0.05, 0.1) is 0 Å². The Bertz CT molecular complexity index is 369. The van der Waals surface area contributed by atoms with E-state index >= 15 is 0 Å². The first-order valence-electron chi connectivity index (χ1n) is 7.79. The summed E-state index contributed by atoms with van der Waals surface area (Å²) >= 11 is 0. The molecule has 0 radical (unpaired) electrons. The molecule has 1 aromatic rings. The molecule has 1 fully saturated rings. The lowest BCUT2D eigenvalue weighted by atomic mass is 10.0. The molecule has 0 bridgehead atoms. The van der Waals surface area contributed by atoms with Crippen LogP contribution in [0.2, 0.25) is 0 Å². The van der Waals surface area contributed by atoms with Crippen molar-refractivity contribution in [1.29, 1.82) is 0 Å². The van der Waals surface area contributed by atoms with Gasteiger partial charge in [0.1, 0.15) is 0 Å². The summed E-state index contributed by atoms with van der Waals surface area (Å²) in [6.45, 7) is 6.59. The van der Waals surface area contributed by atoms with Crippen LogP contribution in [0.15, 0.2) is 24.3 Å². The minimum atomic E-state index is 0.552. The van der Waals surface area contributed by atoms with Gasteiger partial charge in [-0.15, -0.1) is 0 Å². The molecule has 106 valence electrons. The molecule has 0 aliphatic heterocycles. The van der Waals surface area contributed by atoms with Crippen molar-refractivity contribution >= 4 is 0 Å². The highest BCUT2D eigenvalue weighted by atomic mass is 14.9. The van der Waals surface area contributed by atoms with Crippen LogP contribution in [0, 0.1) is 0 Å². The molecule has 2 heteroatoms. The first kappa shape index (κ1) is 14.5. The second-order valence-corrected chi connectivity index (χ2v) is 5.99. The molecule has 0 aromatic heterocycles. The van der Waals surface area contributed by atoms with E-state index in [4.69, 9.17) is 0 Å². The molecule has 19 heavy (non-hydrogen) atoms. The summed E-state index contributed by atoms with van der Waals surface area (Å²) in [5.74, 6) is 0. The lowest BCUT2D eigenvalue weighted by Crippen LogP contribution is -2.22. The molecule has 2 N–H and O–H groups in total. The summed E-state index contributed by atoms with van der Waals surface area (Å²) in [6.07, 6.45) is 6.58. The number of rotatable bonds is 9. The van der Waals surface area contributed by atoms with E-state index in [0.29, 0.717) is 6.04 Å². The van der Waals surface area contributed by atoms with Crippen LogP contribution >= 0.6 is 0 Å². The van der Waals surface area contributed by atoms with Crippen LogP contribution in [0.5, 0.6) is 0 Å². The molecular weight excluding hydrogens is 232 g/mol. The zero-order valence-corrected chi connectivity index (χ0v) is 12.4. The number of hydrogen-bond donors (Lipinski definition) is 2. The minimum absolute atomic E-state index is 0.552. The van der Waals surface area contributed by atoms with Crippen LogP contribution in [-0.2, 0) is 13.0 Å². The Morgan fingerprint density at radius 1 is 1.11 bits per heavy atom. The molecule has 0 spiro atoms. The van der Waals surface area contributed by atoms with Crippen LogP contribution < -0.4 is 10.6 Å². The molecule has 1 aromatic carbocycles. The van der Waals surface area contributed by atoms with Gasteiger partial charge >= 0.3 is 0 Å². The highest BCUT2D eigenvalue weighted by Crippen LogP contribution is 2.18. The van der Waals surface area contributed by atoms with Crippen molar-refractivity contribution in [1.82, 2.24) is 10.6 Å². The quantitative estimate of drug-likeness (QED) is 0.666. The van der Waals surface area contributed by atoms with Crippen molar-refractivity contribution in [2.75, 3.05) is 6.54 Å². The highest BCUT2D eigenvalue weighted by molar-refractivity contribution is 5.27. The standard InChI is InChI=1S/C17H28N2/c1-14(2)19-13-16-9-4-3-7-15(16)8-5-6-12-18-17-10-11-17/h3-4,7,9,14,17-19H,5-6,8,10-13H2,1-2H3. The Morgan fingerprint density at radius 3 is 2.53 bits per heavy atom. The molecule has 2 nitrogen and oxygen atoms in total. The van der Waals surface area contributed by atoms with Gasteiger partial charge in [-0.3, -0.25) is 0 Å². The van der Waals surface area contributed by atoms with Crippen LogP contribution in [0.4, 0.5) is 0 Å².